The first-order chi connectivity index (χ1) is 7.67. The minimum absolute atomic E-state index is 0.103. The molecular weight excluding hydrogens is 220 g/mol. The summed E-state index contributed by atoms with van der Waals surface area (Å²) >= 11 is 0. The highest BCUT2D eigenvalue weighted by Crippen LogP contribution is 2.36. The Morgan fingerprint density at radius 3 is 0.882 bits per heavy atom. The van der Waals surface area contributed by atoms with Crippen LogP contribution in [0.4, 0.5) is 0 Å². The van der Waals surface area contributed by atoms with E-state index in [0.29, 0.717) is 0 Å². The summed E-state index contributed by atoms with van der Waals surface area (Å²) in [7, 11) is 0. The highest BCUT2D eigenvalue weighted by atomic mass is 16.1. The molecule has 0 heterocycles. The molecule has 17 heavy (non-hydrogen) atoms. The maximum absolute atomic E-state index is 11.3. The van der Waals surface area contributed by atoms with Crippen LogP contribution < -0.4 is 0 Å². The van der Waals surface area contributed by atoms with Crippen molar-refractivity contribution in [2.24, 2.45) is 5.41 Å². The van der Waals surface area contributed by atoms with Gasteiger partial charge < -0.3 is 19.2 Å². The summed E-state index contributed by atoms with van der Waals surface area (Å²) in [4.78, 5) is 45.1. The van der Waals surface area contributed by atoms with Crippen molar-refractivity contribution in [2.45, 2.75) is 53.4 Å². The minimum Gasteiger partial charge on any atom is -0.300 e. The minimum atomic E-state index is -0.810. The van der Waals surface area contributed by atoms with Gasteiger partial charge in [0.05, 0.1) is 0 Å². The quantitative estimate of drug-likeness (QED) is 0.649. The van der Waals surface area contributed by atoms with Crippen molar-refractivity contribution in [3.05, 3.63) is 0 Å². The predicted octanol–water partition coefficient (Wildman–Crippen LogP) is 1.89. The Bertz CT molecular complexity index is 272. The molecule has 0 unspecified atom stereocenters. The van der Waals surface area contributed by atoms with Gasteiger partial charge in [-0.25, -0.2) is 0 Å². The molecule has 0 saturated carbocycles. The van der Waals surface area contributed by atoms with Crippen LogP contribution in [0.15, 0.2) is 0 Å². The molecular formula is C13H20O4. The van der Waals surface area contributed by atoms with E-state index in [1.807, 2.05) is 0 Å². The first-order valence-corrected chi connectivity index (χ1v) is 5.64. The second-order valence-corrected chi connectivity index (χ2v) is 5.02. The zero-order valence-electron chi connectivity index (χ0n) is 11.0. The zero-order chi connectivity index (χ0) is 13.6. The SMILES string of the molecule is CC(=O)CC(CC(C)=O)(CC(C)=O)CC(C)=O. The van der Waals surface area contributed by atoms with E-state index >= 15 is 0 Å². The van der Waals surface area contributed by atoms with Crippen molar-refractivity contribution in [1.29, 1.82) is 0 Å². The van der Waals surface area contributed by atoms with E-state index in [9.17, 15) is 19.2 Å². The molecule has 0 rings (SSSR count). The summed E-state index contributed by atoms with van der Waals surface area (Å²) in [5.74, 6) is -0.412. The third-order valence-corrected chi connectivity index (χ3v) is 2.50. The molecule has 0 radical (unpaired) electrons. The van der Waals surface area contributed by atoms with Gasteiger partial charge in [-0.1, -0.05) is 0 Å². The van der Waals surface area contributed by atoms with Crippen LogP contribution in [0.5, 0.6) is 0 Å². The van der Waals surface area contributed by atoms with Crippen molar-refractivity contribution in [3.8, 4) is 0 Å². The Labute approximate surface area is 102 Å². The number of hydrogen-bond donors (Lipinski definition) is 0. The number of carbonyl (C=O) groups is 4. The lowest BCUT2D eigenvalue weighted by atomic mass is 9.71. The van der Waals surface area contributed by atoms with Crippen molar-refractivity contribution in [3.63, 3.8) is 0 Å². The molecule has 4 heteroatoms. The second kappa shape index (κ2) is 6.42. The molecule has 0 aliphatic rings. The monoisotopic (exact) mass is 240 g/mol. The third kappa shape index (κ3) is 6.76. The average Bonchev–Trinajstić information content (AvgIpc) is 1.95. The van der Waals surface area contributed by atoms with E-state index in [0.717, 1.165) is 0 Å². The summed E-state index contributed by atoms with van der Waals surface area (Å²) in [5.41, 5.74) is -0.810. The fourth-order valence-corrected chi connectivity index (χ4v) is 2.49. The van der Waals surface area contributed by atoms with E-state index in [4.69, 9.17) is 0 Å². The molecule has 0 amide bonds. The maximum Gasteiger partial charge on any atom is 0.130 e. The van der Waals surface area contributed by atoms with E-state index in [1.54, 1.807) is 0 Å². The maximum atomic E-state index is 11.3. The predicted molar refractivity (Wildman–Crippen MR) is 63.6 cm³/mol. The van der Waals surface area contributed by atoms with Crippen LogP contribution >= 0.6 is 0 Å². The summed E-state index contributed by atoms with van der Waals surface area (Å²) in [6.07, 6.45) is 0.412. The molecule has 0 aromatic heterocycles. The zero-order valence-corrected chi connectivity index (χ0v) is 11.0. The lowest BCUT2D eigenvalue weighted by Gasteiger charge is -2.30. The Balaban J connectivity index is 5.16. The van der Waals surface area contributed by atoms with Crippen molar-refractivity contribution < 1.29 is 19.2 Å². The van der Waals surface area contributed by atoms with Crippen LogP contribution in [0.3, 0.4) is 0 Å². The van der Waals surface area contributed by atoms with Crippen LogP contribution in [0.2, 0.25) is 0 Å². The number of rotatable bonds is 8. The van der Waals surface area contributed by atoms with Gasteiger partial charge >= 0.3 is 0 Å². The molecule has 0 N–H and O–H groups in total. The topological polar surface area (TPSA) is 68.3 Å². The van der Waals surface area contributed by atoms with Gasteiger partial charge in [0, 0.05) is 25.7 Å². The Kier molecular flexibility index (Phi) is 5.93. The van der Waals surface area contributed by atoms with Gasteiger partial charge in [0.2, 0.25) is 0 Å². The molecule has 96 valence electrons. The molecule has 0 fully saturated rings. The molecule has 0 aromatic rings. The van der Waals surface area contributed by atoms with Crippen molar-refractivity contribution in [1.82, 2.24) is 0 Å². The highest BCUT2D eigenvalue weighted by Gasteiger charge is 2.35. The van der Waals surface area contributed by atoms with Crippen molar-refractivity contribution >= 4 is 23.1 Å². The number of Topliss-reactive ketones (excluding diaryl/α,β-unsaturated/α-hetero) is 4. The smallest absolute Gasteiger partial charge is 0.130 e. The molecule has 0 saturated heterocycles. The normalized spacial score (nSPS) is 11.1. The van der Waals surface area contributed by atoms with Crippen LogP contribution in [0, 0.1) is 5.41 Å². The molecule has 0 bridgehead atoms. The first-order valence-electron chi connectivity index (χ1n) is 5.64. The van der Waals surface area contributed by atoms with Crippen LogP contribution in [-0.4, -0.2) is 23.1 Å². The molecule has 0 atom stereocenters. The Morgan fingerprint density at radius 2 is 0.765 bits per heavy atom. The number of ketones is 4. The number of hydrogen-bond acceptors (Lipinski definition) is 4. The van der Waals surface area contributed by atoms with Gasteiger partial charge in [0.1, 0.15) is 23.1 Å². The van der Waals surface area contributed by atoms with Gasteiger partial charge in [0.25, 0.3) is 0 Å². The molecule has 4 nitrogen and oxygen atoms in total. The van der Waals surface area contributed by atoms with E-state index in [-0.39, 0.29) is 48.8 Å². The van der Waals surface area contributed by atoms with Crippen molar-refractivity contribution in [2.75, 3.05) is 0 Å². The lowest BCUT2D eigenvalue weighted by molar-refractivity contribution is -0.128. The van der Waals surface area contributed by atoms with E-state index in [2.05, 4.69) is 0 Å². The Hall–Kier alpha value is -1.32. The lowest BCUT2D eigenvalue weighted by Crippen LogP contribution is -2.31. The summed E-state index contributed by atoms with van der Waals surface area (Å²) in [5, 5.41) is 0. The molecule has 0 aromatic carbocycles. The van der Waals surface area contributed by atoms with Gasteiger partial charge in [-0.05, 0) is 33.1 Å². The van der Waals surface area contributed by atoms with Crippen LogP contribution in [0.25, 0.3) is 0 Å². The summed E-state index contributed by atoms with van der Waals surface area (Å²) < 4.78 is 0. The van der Waals surface area contributed by atoms with Gasteiger partial charge in [-0.15, -0.1) is 0 Å². The van der Waals surface area contributed by atoms with E-state index in [1.165, 1.54) is 27.7 Å². The highest BCUT2D eigenvalue weighted by molar-refractivity contribution is 5.86. The van der Waals surface area contributed by atoms with Gasteiger partial charge in [-0.2, -0.15) is 0 Å². The number of carbonyl (C=O) groups excluding carboxylic acids is 4. The standard InChI is InChI=1S/C13H20O4/c1-9(14)5-13(6-10(2)15,7-11(3)16)8-12(4)17/h5-8H2,1-4H3. The van der Waals surface area contributed by atoms with Crippen LogP contribution in [-0.2, 0) is 19.2 Å². The van der Waals surface area contributed by atoms with Gasteiger partial charge in [0.15, 0.2) is 0 Å². The van der Waals surface area contributed by atoms with Crippen LogP contribution in [0.1, 0.15) is 53.4 Å². The Morgan fingerprint density at radius 1 is 0.588 bits per heavy atom. The van der Waals surface area contributed by atoms with Gasteiger partial charge in [-0.3, -0.25) is 0 Å². The second-order valence-electron chi connectivity index (χ2n) is 5.02. The average molecular weight is 240 g/mol. The fraction of sp³-hybridized carbons (Fsp3) is 0.692. The van der Waals surface area contributed by atoms with E-state index < -0.39 is 5.41 Å². The fourth-order valence-electron chi connectivity index (χ4n) is 2.49. The molecule has 0 aliphatic carbocycles. The molecule has 0 spiro atoms. The summed E-state index contributed by atoms with van der Waals surface area (Å²) in [6, 6.07) is 0. The summed E-state index contributed by atoms with van der Waals surface area (Å²) in [6.45, 7) is 5.65. The third-order valence-electron chi connectivity index (χ3n) is 2.50. The first kappa shape index (κ1) is 15.7. The molecule has 0 aliphatic heterocycles. The largest absolute Gasteiger partial charge is 0.300 e.